The minimum absolute atomic E-state index is 0.433. The first-order valence-corrected chi connectivity index (χ1v) is 4.96. The van der Waals surface area contributed by atoms with E-state index in [2.05, 4.69) is 4.98 Å². The molecular formula is C10H9F5N2O2. The van der Waals surface area contributed by atoms with Crippen LogP contribution in [0.15, 0.2) is 6.07 Å². The van der Waals surface area contributed by atoms with Crippen LogP contribution in [0.1, 0.15) is 28.9 Å². The van der Waals surface area contributed by atoms with Crippen molar-refractivity contribution in [2.24, 2.45) is 5.73 Å². The molecule has 0 aromatic carbocycles. The molecule has 0 aliphatic heterocycles. The van der Waals surface area contributed by atoms with Gasteiger partial charge in [-0.05, 0) is 6.07 Å². The van der Waals surface area contributed by atoms with E-state index in [0.29, 0.717) is 6.07 Å². The predicted octanol–water partition coefficient (Wildman–Crippen LogP) is 2.12. The highest BCUT2D eigenvalue weighted by molar-refractivity contribution is 5.69. The molecule has 9 heteroatoms. The van der Waals surface area contributed by atoms with E-state index < -0.39 is 54.1 Å². The van der Waals surface area contributed by atoms with Gasteiger partial charge in [0, 0.05) is 12.1 Å². The van der Waals surface area contributed by atoms with Crippen molar-refractivity contribution in [1.82, 2.24) is 4.98 Å². The Hall–Kier alpha value is -1.77. The number of aliphatic carboxylic acids is 1. The van der Waals surface area contributed by atoms with Crippen LogP contribution in [0.2, 0.25) is 0 Å². The Kier molecular flexibility index (Phi) is 4.40. The molecule has 0 aliphatic carbocycles. The molecule has 19 heavy (non-hydrogen) atoms. The van der Waals surface area contributed by atoms with Crippen molar-refractivity contribution in [1.29, 1.82) is 0 Å². The zero-order valence-electron chi connectivity index (χ0n) is 9.34. The maximum atomic E-state index is 12.7. The molecule has 0 atom stereocenters. The Morgan fingerprint density at radius 3 is 2.37 bits per heavy atom. The topological polar surface area (TPSA) is 76.2 Å². The quantitative estimate of drug-likeness (QED) is 0.830. The van der Waals surface area contributed by atoms with E-state index in [1.54, 1.807) is 0 Å². The van der Waals surface area contributed by atoms with Crippen molar-refractivity contribution >= 4 is 5.97 Å². The molecule has 3 N–H and O–H groups in total. The highest BCUT2D eigenvalue weighted by atomic mass is 19.4. The summed E-state index contributed by atoms with van der Waals surface area (Å²) >= 11 is 0. The lowest BCUT2D eigenvalue weighted by atomic mass is 10.0. The second-order valence-electron chi connectivity index (χ2n) is 3.60. The average molecular weight is 284 g/mol. The molecule has 106 valence electrons. The summed E-state index contributed by atoms with van der Waals surface area (Å²) in [5, 5.41) is 8.48. The van der Waals surface area contributed by atoms with Crippen LogP contribution in [0, 0.1) is 0 Å². The third kappa shape index (κ3) is 3.60. The van der Waals surface area contributed by atoms with Crippen LogP contribution in [0.4, 0.5) is 22.0 Å². The highest BCUT2D eigenvalue weighted by Gasteiger charge is 2.36. The molecule has 1 aromatic heterocycles. The number of carboxylic acid groups (broad SMARTS) is 1. The standard InChI is InChI=1S/C10H9F5N2O2/c11-9(12)8-5(3-16)6(10(13,14)15)1-4(17-8)2-7(18)19/h1,9H,2-3,16H2,(H,18,19). The van der Waals surface area contributed by atoms with Gasteiger partial charge in [0.25, 0.3) is 6.43 Å². The first-order chi connectivity index (χ1) is 8.66. The molecule has 1 heterocycles. The normalized spacial score (nSPS) is 11.9. The van der Waals surface area contributed by atoms with E-state index in [-0.39, 0.29) is 0 Å². The SMILES string of the molecule is NCc1c(C(F)(F)F)cc(CC(=O)O)nc1C(F)F. The fourth-order valence-corrected chi connectivity index (χ4v) is 1.54. The summed E-state index contributed by atoms with van der Waals surface area (Å²) < 4.78 is 63.5. The van der Waals surface area contributed by atoms with Gasteiger partial charge < -0.3 is 10.8 Å². The lowest BCUT2D eigenvalue weighted by Crippen LogP contribution is -2.18. The monoisotopic (exact) mass is 284 g/mol. The number of aromatic nitrogens is 1. The number of rotatable bonds is 4. The second-order valence-corrected chi connectivity index (χ2v) is 3.60. The number of carbonyl (C=O) groups is 1. The maximum absolute atomic E-state index is 12.7. The molecule has 0 saturated carbocycles. The van der Waals surface area contributed by atoms with E-state index in [4.69, 9.17) is 10.8 Å². The van der Waals surface area contributed by atoms with Crippen LogP contribution in [-0.2, 0) is 23.9 Å². The fraction of sp³-hybridized carbons (Fsp3) is 0.400. The number of nitrogens with two attached hydrogens (primary N) is 1. The van der Waals surface area contributed by atoms with Crippen molar-refractivity contribution in [3.63, 3.8) is 0 Å². The highest BCUT2D eigenvalue weighted by Crippen LogP contribution is 2.35. The number of pyridine rings is 1. The third-order valence-corrected chi connectivity index (χ3v) is 2.26. The molecular weight excluding hydrogens is 275 g/mol. The number of nitrogens with zero attached hydrogens (tertiary/aromatic N) is 1. The van der Waals surface area contributed by atoms with Gasteiger partial charge in [-0.15, -0.1) is 0 Å². The van der Waals surface area contributed by atoms with E-state index in [1.807, 2.05) is 0 Å². The van der Waals surface area contributed by atoms with Crippen molar-refractivity contribution in [2.75, 3.05) is 0 Å². The van der Waals surface area contributed by atoms with E-state index in [9.17, 15) is 26.7 Å². The molecule has 0 radical (unpaired) electrons. The summed E-state index contributed by atoms with van der Waals surface area (Å²) in [6.45, 7) is -0.769. The second kappa shape index (κ2) is 5.47. The fourth-order valence-electron chi connectivity index (χ4n) is 1.54. The maximum Gasteiger partial charge on any atom is 0.416 e. The molecule has 0 spiro atoms. The lowest BCUT2D eigenvalue weighted by molar-refractivity contribution is -0.139. The van der Waals surface area contributed by atoms with Gasteiger partial charge in [0.1, 0.15) is 5.69 Å². The van der Waals surface area contributed by atoms with Crippen LogP contribution in [0.3, 0.4) is 0 Å². The van der Waals surface area contributed by atoms with Gasteiger partial charge in [0.15, 0.2) is 0 Å². The Bertz CT molecular complexity index is 488. The lowest BCUT2D eigenvalue weighted by Gasteiger charge is -2.16. The van der Waals surface area contributed by atoms with Gasteiger partial charge in [-0.1, -0.05) is 0 Å². The van der Waals surface area contributed by atoms with Crippen molar-refractivity contribution < 1.29 is 31.9 Å². The molecule has 0 unspecified atom stereocenters. The Morgan fingerprint density at radius 2 is 2.00 bits per heavy atom. The summed E-state index contributed by atoms with van der Waals surface area (Å²) in [4.78, 5) is 13.7. The summed E-state index contributed by atoms with van der Waals surface area (Å²) in [7, 11) is 0. The van der Waals surface area contributed by atoms with Crippen LogP contribution in [0.5, 0.6) is 0 Å². The van der Waals surface area contributed by atoms with Gasteiger partial charge in [0.2, 0.25) is 0 Å². The molecule has 0 amide bonds. The Balaban J connectivity index is 3.49. The van der Waals surface area contributed by atoms with Gasteiger partial charge in [-0.2, -0.15) is 13.2 Å². The number of hydrogen-bond donors (Lipinski definition) is 2. The van der Waals surface area contributed by atoms with Gasteiger partial charge in [-0.25, -0.2) is 8.78 Å². The smallest absolute Gasteiger partial charge is 0.416 e. The molecule has 1 aromatic rings. The molecule has 1 rings (SSSR count). The number of halogens is 5. The van der Waals surface area contributed by atoms with Gasteiger partial charge in [0.05, 0.1) is 17.7 Å². The number of alkyl halides is 5. The predicted molar refractivity (Wildman–Crippen MR) is 53.4 cm³/mol. The first-order valence-electron chi connectivity index (χ1n) is 4.96. The summed E-state index contributed by atoms with van der Waals surface area (Å²) in [6, 6.07) is 0.433. The summed E-state index contributed by atoms with van der Waals surface area (Å²) in [6.07, 6.45) is -9.06. The van der Waals surface area contributed by atoms with E-state index in [1.165, 1.54) is 0 Å². The first kappa shape index (κ1) is 15.3. The summed E-state index contributed by atoms with van der Waals surface area (Å²) in [5.74, 6) is -1.47. The zero-order valence-corrected chi connectivity index (χ0v) is 9.34. The molecule has 0 saturated heterocycles. The third-order valence-electron chi connectivity index (χ3n) is 2.26. The van der Waals surface area contributed by atoms with Crippen LogP contribution in [-0.4, -0.2) is 16.1 Å². The Labute approximate surface area is 104 Å². The largest absolute Gasteiger partial charge is 0.481 e. The number of carboxylic acids is 1. The van der Waals surface area contributed by atoms with Crippen LogP contribution >= 0.6 is 0 Å². The molecule has 0 bridgehead atoms. The van der Waals surface area contributed by atoms with Gasteiger partial charge >= 0.3 is 12.1 Å². The van der Waals surface area contributed by atoms with Crippen LogP contribution in [0.25, 0.3) is 0 Å². The van der Waals surface area contributed by atoms with Crippen molar-refractivity contribution in [3.05, 3.63) is 28.6 Å². The zero-order chi connectivity index (χ0) is 14.8. The summed E-state index contributed by atoms with van der Waals surface area (Å²) in [5.41, 5.74) is 1.13. The van der Waals surface area contributed by atoms with Gasteiger partial charge in [-0.3, -0.25) is 9.78 Å². The van der Waals surface area contributed by atoms with E-state index in [0.717, 1.165) is 0 Å². The Morgan fingerprint density at radius 1 is 1.42 bits per heavy atom. The van der Waals surface area contributed by atoms with Crippen molar-refractivity contribution in [3.8, 4) is 0 Å². The molecule has 4 nitrogen and oxygen atoms in total. The average Bonchev–Trinajstić information content (AvgIpc) is 2.25. The number of hydrogen-bond acceptors (Lipinski definition) is 3. The minimum atomic E-state index is -4.91. The minimum Gasteiger partial charge on any atom is -0.481 e. The molecule has 0 aliphatic rings. The van der Waals surface area contributed by atoms with Crippen molar-refractivity contribution in [2.45, 2.75) is 25.6 Å². The molecule has 0 fully saturated rings. The van der Waals surface area contributed by atoms with Crippen LogP contribution < -0.4 is 5.73 Å². The van der Waals surface area contributed by atoms with E-state index >= 15 is 0 Å².